The number of hydrogen-bond acceptors (Lipinski definition) is 1. The molecule has 1 unspecified atom stereocenters. The number of rotatable bonds is 2. The van der Waals surface area contributed by atoms with Gasteiger partial charge in [0, 0.05) is 12.0 Å². The summed E-state index contributed by atoms with van der Waals surface area (Å²) in [6.45, 7) is 0. The van der Waals surface area contributed by atoms with Crippen molar-refractivity contribution in [2.45, 2.75) is 19.3 Å². The highest BCUT2D eigenvalue weighted by atomic mass is 16.1. The smallest absolute Gasteiger partial charge is 0.248 e. The molecule has 0 fully saturated rings. The quantitative estimate of drug-likeness (QED) is 0.801. The zero-order valence-corrected chi connectivity index (χ0v) is 9.07. The molecule has 2 aliphatic carbocycles. The number of carbonyl (C=O) groups excluding carboxylic acids is 1. The molecule has 1 aromatic carbocycles. The maximum atomic E-state index is 11.1. The minimum Gasteiger partial charge on any atom is -0.366 e. The zero-order chi connectivity index (χ0) is 11.1. The van der Waals surface area contributed by atoms with Gasteiger partial charge in [0.1, 0.15) is 0 Å². The lowest BCUT2D eigenvalue weighted by Crippen LogP contribution is -2.16. The monoisotopic (exact) mass is 212 g/mol. The van der Waals surface area contributed by atoms with Gasteiger partial charge in [-0.1, -0.05) is 17.7 Å². The molecule has 2 nitrogen and oxygen atoms in total. The second-order valence-electron chi connectivity index (χ2n) is 4.62. The first-order chi connectivity index (χ1) is 7.74. The van der Waals surface area contributed by atoms with Crippen LogP contribution in [0.5, 0.6) is 0 Å². The van der Waals surface area contributed by atoms with Crippen molar-refractivity contribution >= 4 is 5.91 Å². The molecule has 1 aromatic rings. The van der Waals surface area contributed by atoms with E-state index >= 15 is 0 Å². The Bertz CT molecular complexity index is 488. The maximum Gasteiger partial charge on any atom is 0.248 e. The Morgan fingerprint density at radius 3 is 2.81 bits per heavy atom. The summed E-state index contributed by atoms with van der Waals surface area (Å²) < 4.78 is 0. The fourth-order valence-electron chi connectivity index (χ4n) is 2.51. The largest absolute Gasteiger partial charge is 0.366 e. The molecule has 0 bridgehead atoms. The van der Waals surface area contributed by atoms with Gasteiger partial charge in [0.05, 0.1) is 0 Å². The van der Waals surface area contributed by atoms with Crippen LogP contribution >= 0.6 is 0 Å². The van der Waals surface area contributed by atoms with Crippen LogP contribution in [0.1, 0.15) is 27.9 Å². The summed E-state index contributed by atoms with van der Waals surface area (Å²) in [6, 6.07) is 5.86. The van der Waals surface area contributed by atoms with Gasteiger partial charge in [-0.2, -0.15) is 0 Å². The highest BCUT2D eigenvalue weighted by Crippen LogP contribution is 2.36. The van der Waals surface area contributed by atoms with E-state index in [4.69, 9.17) is 5.73 Å². The lowest BCUT2D eigenvalue weighted by Gasteiger charge is -2.23. The molecular weight excluding hydrogens is 198 g/mol. The standard InChI is InChI=1S/C14H14NO/c15-14(16)13-6-5-11-7-10(9-1-2-9)3-4-12(11)8-13/h1-2,5-6,8,10H,3-4,7H2,(H2,15,16). The molecule has 2 N–H and O–H groups in total. The summed E-state index contributed by atoms with van der Waals surface area (Å²) in [7, 11) is 0. The van der Waals surface area contributed by atoms with E-state index in [0.29, 0.717) is 11.5 Å². The molecule has 0 aromatic heterocycles. The van der Waals surface area contributed by atoms with Crippen molar-refractivity contribution in [1.82, 2.24) is 0 Å². The molecule has 1 atom stereocenters. The van der Waals surface area contributed by atoms with Crippen molar-refractivity contribution in [1.29, 1.82) is 0 Å². The molecule has 0 saturated heterocycles. The van der Waals surface area contributed by atoms with Gasteiger partial charge in [0.25, 0.3) is 0 Å². The Morgan fingerprint density at radius 1 is 1.31 bits per heavy atom. The summed E-state index contributed by atoms with van der Waals surface area (Å²) in [5.74, 6) is 0.370. The fourth-order valence-corrected chi connectivity index (χ4v) is 2.51. The molecule has 16 heavy (non-hydrogen) atoms. The van der Waals surface area contributed by atoms with Crippen LogP contribution in [0.15, 0.2) is 29.8 Å². The van der Waals surface area contributed by atoms with E-state index < -0.39 is 0 Å². The second-order valence-corrected chi connectivity index (χ2v) is 4.62. The van der Waals surface area contributed by atoms with Crippen molar-refractivity contribution in [2.75, 3.05) is 0 Å². The van der Waals surface area contributed by atoms with Crippen LogP contribution < -0.4 is 5.73 Å². The summed E-state index contributed by atoms with van der Waals surface area (Å²) in [4.78, 5) is 11.1. The van der Waals surface area contributed by atoms with Crippen LogP contribution in [0.3, 0.4) is 0 Å². The Morgan fingerprint density at radius 2 is 2.12 bits per heavy atom. The molecule has 0 heterocycles. The van der Waals surface area contributed by atoms with Crippen LogP contribution in [0.2, 0.25) is 0 Å². The number of primary amides is 1. The third-order valence-corrected chi connectivity index (χ3v) is 3.55. The Kier molecular flexibility index (Phi) is 2.10. The Hall–Kier alpha value is -1.57. The number of amides is 1. The number of hydrogen-bond donors (Lipinski definition) is 1. The van der Waals surface area contributed by atoms with Crippen molar-refractivity contribution in [2.24, 2.45) is 11.7 Å². The number of benzene rings is 1. The number of allylic oxidation sites excluding steroid dienone is 2. The van der Waals surface area contributed by atoms with Crippen molar-refractivity contribution in [3.63, 3.8) is 0 Å². The third kappa shape index (κ3) is 1.64. The van der Waals surface area contributed by atoms with Crippen molar-refractivity contribution in [3.8, 4) is 0 Å². The molecule has 3 rings (SSSR count). The van der Waals surface area contributed by atoms with Crippen molar-refractivity contribution < 1.29 is 4.79 Å². The zero-order valence-electron chi connectivity index (χ0n) is 9.07. The van der Waals surface area contributed by atoms with E-state index in [1.807, 2.05) is 12.1 Å². The van der Waals surface area contributed by atoms with Crippen LogP contribution in [-0.2, 0) is 12.8 Å². The SMILES string of the molecule is NC(=O)c1ccc2c(c1)CCC(C1=C[CH]1)C2. The number of fused-ring (bicyclic) bond motifs is 1. The average Bonchev–Trinajstić information content (AvgIpc) is 3.11. The first-order valence-electron chi connectivity index (χ1n) is 5.70. The normalized spacial score (nSPS) is 22.2. The highest BCUT2D eigenvalue weighted by molar-refractivity contribution is 5.93. The van der Waals surface area contributed by atoms with E-state index in [0.717, 1.165) is 12.8 Å². The van der Waals surface area contributed by atoms with Crippen molar-refractivity contribution in [3.05, 3.63) is 53.0 Å². The minimum absolute atomic E-state index is 0.330. The van der Waals surface area contributed by atoms with Gasteiger partial charge in [0.15, 0.2) is 0 Å². The highest BCUT2D eigenvalue weighted by Gasteiger charge is 2.25. The van der Waals surface area contributed by atoms with E-state index in [-0.39, 0.29) is 5.91 Å². The molecule has 2 heteroatoms. The fraction of sp³-hybridized carbons (Fsp3) is 0.286. The van der Waals surface area contributed by atoms with Crippen LogP contribution in [0.4, 0.5) is 0 Å². The van der Waals surface area contributed by atoms with Gasteiger partial charge in [0.2, 0.25) is 5.91 Å². The van der Waals surface area contributed by atoms with Crippen LogP contribution in [0.25, 0.3) is 0 Å². The second kappa shape index (κ2) is 3.48. The van der Waals surface area contributed by atoms with E-state index in [1.165, 1.54) is 23.1 Å². The predicted octanol–water partition coefficient (Wildman–Crippen LogP) is 2.03. The first-order valence-corrected chi connectivity index (χ1v) is 5.70. The van der Waals surface area contributed by atoms with E-state index in [9.17, 15) is 4.79 Å². The maximum absolute atomic E-state index is 11.1. The topological polar surface area (TPSA) is 43.1 Å². The molecule has 1 radical (unpaired) electrons. The Balaban J connectivity index is 1.89. The number of nitrogens with two attached hydrogens (primary N) is 1. The number of carbonyl (C=O) groups is 1. The lowest BCUT2D eigenvalue weighted by atomic mass is 9.82. The summed E-state index contributed by atoms with van der Waals surface area (Å²) in [5.41, 5.74) is 10.1. The van der Waals surface area contributed by atoms with Gasteiger partial charge < -0.3 is 5.73 Å². The third-order valence-electron chi connectivity index (χ3n) is 3.55. The molecule has 81 valence electrons. The van der Waals surface area contributed by atoms with Crippen LogP contribution in [-0.4, -0.2) is 5.91 Å². The summed E-state index contributed by atoms with van der Waals surface area (Å²) >= 11 is 0. The molecular formula is C14H14NO. The molecule has 0 spiro atoms. The van der Waals surface area contributed by atoms with Gasteiger partial charge in [-0.25, -0.2) is 0 Å². The first kappa shape index (κ1) is 9.64. The number of aryl methyl sites for hydroxylation is 1. The van der Waals surface area contributed by atoms with Gasteiger partial charge in [-0.15, -0.1) is 0 Å². The minimum atomic E-state index is -0.330. The lowest BCUT2D eigenvalue weighted by molar-refractivity contribution is 0.1000. The van der Waals surface area contributed by atoms with E-state index in [2.05, 4.69) is 18.6 Å². The average molecular weight is 212 g/mol. The Labute approximate surface area is 95.2 Å². The molecule has 0 saturated carbocycles. The van der Waals surface area contributed by atoms with Gasteiger partial charge >= 0.3 is 0 Å². The van der Waals surface area contributed by atoms with E-state index in [1.54, 1.807) is 0 Å². The molecule has 1 amide bonds. The molecule has 0 aliphatic heterocycles. The predicted molar refractivity (Wildman–Crippen MR) is 62.9 cm³/mol. The van der Waals surface area contributed by atoms with Gasteiger partial charge in [-0.3, -0.25) is 4.79 Å². The summed E-state index contributed by atoms with van der Waals surface area (Å²) in [5, 5.41) is 0. The van der Waals surface area contributed by atoms with Gasteiger partial charge in [-0.05, 0) is 48.4 Å². The molecule has 2 aliphatic rings. The van der Waals surface area contributed by atoms with Crippen LogP contribution in [0, 0.1) is 12.3 Å². The summed E-state index contributed by atoms with van der Waals surface area (Å²) in [6.07, 6.45) is 7.77.